The van der Waals surface area contributed by atoms with Crippen LogP contribution in [0.15, 0.2) is 91.1 Å². The third-order valence-corrected chi connectivity index (χ3v) is 4.71. The molecule has 0 saturated carbocycles. The quantitative estimate of drug-likeness (QED) is 0.513. The molecule has 0 radical (unpaired) electrons. The van der Waals surface area contributed by atoms with Crippen LogP contribution in [0.4, 0.5) is 0 Å². The Morgan fingerprint density at radius 3 is 1.97 bits per heavy atom. The van der Waals surface area contributed by atoms with Crippen LogP contribution in [0.2, 0.25) is 0 Å². The number of hydrazine groups is 1. The number of aromatic nitrogens is 2. The first kappa shape index (κ1) is 19.1. The summed E-state index contributed by atoms with van der Waals surface area (Å²) in [6.45, 7) is 1.84. The van der Waals surface area contributed by atoms with E-state index in [1.165, 1.54) is 0 Å². The van der Waals surface area contributed by atoms with Gasteiger partial charge >= 0.3 is 0 Å². The number of hydrogen-bond acceptors (Lipinski definition) is 3. The van der Waals surface area contributed by atoms with Gasteiger partial charge < -0.3 is 0 Å². The van der Waals surface area contributed by atoms with E-state index < -0.39 is 5.91 Å². The lowest BCUT2D eigenvalue weighted by Gasteiger charge is -2.09. The summed E-state index contributed by atoms with van der Waals surface area (Å²) in [7, 11) is 0. The van der Waals surface area contributed by atoms with Crippen LogP contribution in [0.5, 0.6) is 0 Å². The lowest BCUT2D eigenvalue weighted by atomic mass is 10.1. The molecule has 0 aliphatic carbocycles. The zero-order chi connectivity index (χ0) is 20.9. The number of para-hydroxylation sites is 1. The Balaban J connectivity index is 1.62. The number of benzene rings is 3. The highest BCUT2D eigenvalue weighted by Gasteiger charge is 2.19. The van der Waals surface area contributed by atoms with Crippen LogP contribution in [0.25, 0.3) is 16.9 Å². The van der Waals surface area contributed by atoms with E-state index in [0.29, 0.717) is 16.8 Å². The summed E-state index contributed by atoms with van der Waals surface area (Å²) >= 11 is 0. The van der Waals surface area contributed by atoms with Gasteiger partial charge in [0.25, 0.3) is 11.8 Å². The predicted octanol–water partition coefficient (Wildman–Crippen LogP) is 3.92. The molecule has 30 heavy (non-hydrogen) atoms. The van der Waals surface area contributed by atoms with E-state index in [1.54, 1.807) is 23.0 Å². The minimum absolute atomic E-state index is 0.357. The van der Waals surface area contributed by atoms with Crippen molar-refractivity contribution in [3.8, 4) is 16.9 Å². The lowest BCUT2D eigenvalue weighted by Crippen LogP contribution is -2.41. The van der Waals surface area contributed by atoms with Crippen molar-refractivity contribution >= 4 is 11.8 Å². The molecular formula is C24H20N4O2. The average Bonchev–Trinajstić information content (AvgIpc) is 3.24. The molecule has 148 valence electrons. The lowest BCUT2D eigenvalue weighted by molar-refractivity contribution is 0.0846. The zero-order valence-electron chi connectivity index (χ0n) is 16.4. The highest BCUT2D eigenvalue weighted by molar-refractivity contribution is 6.02. The molecule has 0 bridgehead atoms. The normalized spacial score (nSPS) is 10.4. The van der Waals surface area contributed by atoms with Gasteiger partial charge in [0, 0.05) is 17.3 Å². The number of carbonyl (C=O) groups is 2. The van der Waals surface area contributed by atoms with Gasteiger partial charge in [-0.2, -0.15) is 5.10 Å². The molecule has 0 spiro atoms. The molecule has 1 heterocycles. The van der Waals surface area contributed by atoms with E-state index in [0.717, 1.165) is 16.8 Å². The Kier molecular flexibility index (Phi) is 5.39. The van der Waals surface area contributed by atoms with Gasteiger partial charge in [0.1, 0.15) is 5.69 Å². The van der Waals surface area contributed by atoms with Crippen LogP contribution in [-0.2, 0) is 0 Å². The molecule has 4 rings (SSSR count). The Hall–Kier alpha value is -4.19. The maximum absolute atomic E-state index is 12.9. The van der Waals surface area contributed by atoms with Crippen LogP contribution in [-0.4, -0.2) is 21.6 Å². The maximum Gasteiger partial charge on any atom is 0.273 e. The van der Waals surface area contributed by atoms with E-state index in [2.05, 4.69) is 16.0 Å². The van der Waals surface area contributed by atoms with Crippen molar-refractivity contribution in [2.75, 3.05) is 0 Å². The van der Waals surface area contributed by atoms with Crippen LogP contribution in [0.3, 0.4) is 0 Å². The van der Waals surface area contributed by atoms with Crippen molar-refractivity contribution in [1.82, 2.24) is 20.6 Å². The van der Waals surface area contributed by atoms with Crippen molar-refractivity contribution < 1.29 is 9.59 Å². The zero-order valence-corrected chi connectivity index (χ0v) is 16.4. The maximum atomic E-state index is 12.9. The summed E-state index contributed by atoms with van der Waals surface area (Å²) in [5, 5.41) is 4.61. The Morgan fingerprint density at radius 1 is 0.733 bits per heavy atom. The molecule has 0 unspecified atom stereocenters. The molecular weight excluding hydrogens is 376 g/mol. The number of hydrogen-bond donors (Lipinski definition) is 2. The monoisotopic (exact) mass is 396 g/mol. The fourth-order valence-electron chi connectivity index (χ4n) is 3.14. The number of rotatable bonds is 4. The van der Waals surface area contributed by atoms with Crippen molar-refractivity contribution in [3.05, 3.63) is 108 Å². The number of aryl methyl sites for hydroxylation is 1. The van der Waals surface area contributed by atoms with Crippen LogP contribution >= 0.6 is 0 Å². The molecule has 0 fully saturated rings. The molecule has 6 heteroatoms. The summed E-state index contributed by atoms with van der Waals surface area (Å²) in [5.74, 6) is -0.823. The Labute approximate surface area is 174 Å². The summed E-state index contributed by atoms with van der Waals surface area (Å²) < 4.78 is 1.65. The van der Waals surface area contributed by atoms with E-state index in [9.17, 15) is 9.59 Å². The number of nitrogens with zero attached hydrogens (tertiary/aromatic N) is 2. The van der Waals surface area contributed by atoms with E-state index in [1.807, 2.05) is 79.7 Å². The Morgan fingerprint density at radius 2 is 1.30 bits per heavy atom. The third kappa shape index (κ3) is 3.98. The summed E-state index contributed by atoms with van der Waals surface area (Å²) in [5.41, 5.74) is 8.85. The molecule has 6 nitrogen and oxygen atoms in total. The molecule has 2 N–H and O–H groups in total. The van der Waals surface area contributed by atoms with Gasteiger partial charge in [0.15, 0.2) is 0 Å². The second kappa shape index (κ2) is 8.45. The number of nitrogens with one attached hydrogen (secondary N) is 2. The van der Waals surface area contributed by atoms with Gasteiger partial charge in [-0.25, -0.2) is 4.68 Å². The molecule has 0 atom stereocenters. The number of amides is 2. The van der Waals surface area contributed by atoms with E-state index >= 15 is 0 Å². The minimum atomic E-state index is -0.446. The van der Waals surface area contributed by atoms with Gasteiger partial charge in [0.2, 0.25) is 0 Å². The summed E-state index contributed by atoms with van der Waals surface area (Å²) in [4.78, 5) is 25.4. The average molecular weight is 396 g/mol. The van der Waals surface area contributed by atoms with Crippen LogP contribution in [0, 0.1) is 6.92 Å². The van der Waals surface area contributed by atoms with E-state index in [4.69, 9.17) is 0 Å². The molecule has 0 saturated heterocycles. The van der Waals surface area contributed by atoms with Crippen LogP contribution in [0.1, 0.15) is 26.3 Å². The second-order valence-electron chi connectivity index (χ2n) is 6.76. The van der Waals surface area contributed by atoms with Crippen molar-refractivity contribution in [2.24, 2.45) is 0 Å². The first-order valence-electron chi connectivity index (χ1n) is 9.50. The highest BCUT2D eigenvalue weighted by Crippen LogP contribution is 2.23. The van der Waals surface area contributed by atoms with Gasteiger partial charge in [-0.15, -0.1) is 0 Å². The Bertz CT molecular complexity index is 1180. The smallest absolute Gasteiger partial charge is 0.267 e. The first-order valence-corrected chi connectivity index (χ1v) is 9.50. The van der Waals surface area contributed by atoms with Gasteiger partial charge in [-0.1, -0.05) is 66.7 Å². The largest absolute Gasteiger partial charge is 0.273 e. The second-order valence-corrected chi connectivity index (χ2v) is 6.76. The molecule has 0 aliphatic rings. The van der Waals surface area contributed by atoms with Crippen molar-refractivity contribution in [1.29, 1.82) is 0 Å². The fraction of sp³-hybridized carbons (Fsp3) is 0.0417. The third-order valence-electron chi connectivity index (χ3n) is 4.71. The topological polar surface area (TPSA) is 76.0 Å². The molecule has 1 aromatic heterocycles. The summed E-state index contributed by atoms with van der Waals surface area (Å²) in [6.07, 6.45) is 1.66. The molecule has 4 aromatic rings. The van der Waals surface area contributed by atoms with Crippen LogP contribution < -0.4 is 10.9 Å². The molecule has 2 amide bonds. The SMILES string of the molecule is Cc1ccccc1C(=O)NNC(=O)c1cn(-c2ccccc2)nc1-c1ccccc1. The van der Waals surface area contributed by atoms with E-state index in [-0.39, 0.29) is 5.91 Å². The predicted molar refractivity (Wildman–Crippen MR) is 115 cm³/mol. The first-order chi connectivity index (χ1) is 14.6. The minimum Gasteiger partial charge on any atom is -0.267 e. The van der Waals surface area contributed by atoms with Gasteiger partial charge in [0.05, 0.1) is 11.3 Å². The molecule has 3 aromatic carbocycles. The number of carbonyl (C=O) groups excluding carboxylic acids is 2. The molecule has 0 aliphatic heterocycles. The summed E-state index contributed by atoms with van der Waals surface area (Å²) in [6, 6.07) is 26.2. The standard InChI is InChI=1S/C24H20N4O2/c1-17-10-8-9-15-20(17)23(29)25-26-24(30)21-16-28(19-13-6-3-7-14-19)27-22(21)18-11-4-2-5-12-18/h2-16H,1H3,(H,25,29)(H,26,30). The highest BCUT2D eigenvalue weighted by atomic mass is 16.2. The van der Waals surface area contributed by atoms with Gasteiger partial charge in [-0.3, -0.25) is 20.4 Å². The van der Waals surface area contributed by atoms with Crippen molar-refractivity contribution in [2.45, 2.75) is 6.92 Å². The fourth-order valence-corrected chi connectivity index (χ4v) is 3.14. The van der Waals surface area contributed by atoms with Gasteiger partial charge in [-0.05, 0) is 30.7 Å². The van der Waals surface area contributed by atoms with Crippen molar-refractivity contribution in [3.63, 3.8) is 0 Å².